The van der Waals surface area contributed by atoms with Crippen LogP contribution in [0.5, 0.6) is 0 Å². The van der Waals surface area contributed by atoms with Crippen molar-refractivity contribution in [3.8, 4) is 0 Å². The van der Waals surface area contributed by atoms with E-state index in [-0.39, 0.29) is 5.96 Å². The second-order valence-electron chi connectivity index (χ2n) is 4.34. The third kappa shape index (κ3) is 5.33. The first-order chi connectivity index (χ1) is 9.02. The average Bonchev–Trinajstić information content (AvgIpc) is 2.87. The molecule has 5 heteroatoms. The van der Waals surface area contributed by atoms with E-state index in [9.17, 15) is 0 Å². The molecule has 0 aliphatic rings. The summed E-state index contributed by atoms with van der Waals surface area (Å²) >= 11 is 0. The quantitative estimate of drug-likeness (QED) is 0.495. The summed E-state index contributed by atoms with van der Waals surface area (Å²) < 4.78 is 0. The summed E-state index contributed by atoms with van der Waals surface area (Å²) in [7, 11) is 0. The Morgan fingerprint density at radius 2 is 2.11 bits per heavy atom. The van der Waals surface area contributed by atoms with E-state index in [1.54, 1.807) is 12.4 Å². The van der Waals surface area contributed by atoms with E-state index >= 15 is 0 Å². The van der Waals surface area contributed by atoms with Crippen molar-refractivity contribution in [2.75, 3.05) is 0 Å². The molecule has 19 heavy (non-hydrogen) atoms. The monoisotopic (exact) mass is 259 g/mol. The molecule has 0 amide bonds. The maximum absolute atomic E-state index is 5.76. The summed E-state index contributed by atoms with van der Waals surface area (Å²) in [5.41, 5.74) is 9.67. The molecule has 5 nitrogen and oxygen atoms in total. The molecule has 0 unspecified atom stereocenters. The summed E-state index contributed by atoms with van der Waals surface area (Å²) in [6.45, 7) is 8.15. The molecular weight excluding hydrogens is 238 g/mol. The number of rotatable bonds is 4. The van der Waals surface area contributed by atoms with Gasteiger partial charge in [0, 0.05) is 11.9 Å². The molecule has 1 heterocycles. The summed E-state index contributed by atoms with van der Waals surface area (Å²) in [4.78, 5) is 8.38. The number of aliphatic imine (C=N–C) groups is 2. The molecular formula is C14H21N5. The number of nitrogens with two attached hydrogens (primary N) is 1. The van der Waals surface area contributed by atoms with Gasteiger partial charge in [-0.3, -0.25) is 5.10 Å². The molecule has 0 saturated carbocycles. The Labute approximate surface area is 114 Å². The van der Waals surface area contributed by atoms with Crippen molar-refractivity contribution >= 4 is 17.4 Å². The molecule has 0 aromatic carbocycles. The molecule has 0 bridgehead atoms. The van der Waals surface area contributed by atoms with Gasteiger partial charge in [-0.2, -0.15) is 5.10 Å². The van der Waals surface area contributed by atoms with E-state index in [1.807, 2.05) is 19.9 Å². The fraction of sp³-hybridized carbons (Fsp3) is 0.357. The van der Waals surface area contributed by atoms with Gasteiger partial charge in [-0.1, -0.05) is 24.6 Å². The fourth-order valence-electron chi connectivity index (χ4n) is 1.23. The topological polar surface area (TPSA) is 79.4 Å². The molecule has 0 aliphatic heterocycles. The van der Waals surface area contributed by atoms with Crippen molar-refractivity contribution in [1.82, 2.24) is 10.2 Å². The van der Waals surface area contributed by atoms with Crippen LogP contribution < -0.4 is 5.73 Å². The molecule has 0 aliphatic carbocycles. The summed E-state index contributed by atoms with van der Waals surface area (Å²) in [5, 5.41) is 6.46. The Morgan fingerprint density at radius 3 is 2.68 bits per heavy atom. The number of hydrogen-bond donors (Lipinski definition) is 2. The van der Waals surface area contributed by atoms with Crippen LogP contribution in [0, 0.1) is 0 Å². The maximum Gasteiger partial charge on any atom is 0.220 e. The highest BCUT2D eigenvalue weighted by Crippen LogP contribution is 2.07. The highest BCUT2D eigenvalue weighted by Gasteiger charge is 1.97. The van der Waals surface area contributed by atoms with Crippen LogP contribution in [0.15, 0.2) is 45.7 Å². The molecule has 0 atom stereocenters. The zero-order valence-electron chi connectivity index (χ0n) is 11.9. The van der Waals surface area contributed by atoms with E-state index in [0.29, 0.717) is 5.69 Å². The Morgan fingerprint density at radius 1 is 1.37 bits per heavy atom. The highest BCUT2D eigenvalue weighted by atomic mass is 15.1. The normalized spacial score (nSPS) is 14.9. The number of aromatic amines is 1. The Hall–Kier alpha value is -2.17. The molecule has 0 spiro atoms. The summed E-state index contributed by atoms with van der Waals surface area (Å²) in [6, 6.07) is 0. The summed E-state index contributed by atoms with van der Waals surface area (Å²) in [6.07, 6.45) is 8.44. The van der Waals surface area contributed by atoms with E-state index in [1.165, 1.54) is 5.57 Å². The molecule has 1 rings (SSSR count). The lowest BCUT2D eigenvalue weighted by Crippen LogP contribution is -2.10. The van der Waals surface area contributed by atoms with Gasteiger partial charge in [0.15, 0.2) is 0 Å². The number of aromatic nitrogens is 2. The lowest BCUT2D eigenvalue weighted by Gasteiger charge is -2.00. The second-order valence-corrected chi connectivity index (χ2v) is 4.34. The van der Waals surface area contributed by atoms with Gasteiger partial charge in [0.2, 0.25) is 5.96 Å². The van der Waals surface area contributed by atoms with Crippen LogP contribution >= 0.6 is 0 Å². The Balaban J connectivity index is 2.81. The summed E-state index contributed by atoms with van der Waals surface area (Å²) in [5.74, 6) is 0.225. The highest BCUT2D eigenvalue weighted by molar-refractivity contribution is 6.05. The van der Waals surface area contributed by atoms with Crippen molar-refractivity contribution in [2.45, 2.75) is 34.1 Å². The fourth-order valence-corrected chi connectivity index (χ4v) is 1.23. The predicted molar refractivity (Wildman–Crippen MR) is 80.8 cm³/mol. The van der Waals surface area contributed by atoms with E-state index < -0.39 is 0 Å². The van der Waals surface area contributed by atoms with E-state index in [4.69, 9.17) is 5.73 Å². The van der Waals surface area contributed by atoms with Gasteiger partial charge >= 0.3 is 0 Å². The minimum atomic E-state index is 0.225. The molecule has 3 N–H and O–H groups in total. The van der Waals surface area contributed by atoms with Crippen molar-refractivity contribution in [3.63, 3.8) is 0 Å². The van der Waals surface area contributed by atoms with Crippen LogP contribution in [0.4, 0.5) is 5.69 Å². The zero-order valence-corrected chi connectivity index (χ0v) is 11.9. The molecule has 102 valence electrons. The van der Waals surface area contributed by atoms with Crippen molar-refractivity contribution in [3.05, 3.63) is 35.7 Å². The van der Waals surface area contributed by atoms with E-state index in [2.05, 4.69) is 40.1 Å². The van der Waals surface area contributed by atoms with Gasteiger partial charge in [0.25, 0.3) is 0 Å². The first kappa shape index (κ1) is 14.9. The van der Waals surface area contributed by atoms with Crippen LogP contribution in [0.2, 0.25) is 0 Å². The molecule has 1 aromatic rings. The number of hydrogen-bond acceptors (Lipinski definition) is 2. The van der Waals surface area contributed by atoms with Gasteiger partial charge in [-0.15, -0.1) is 0 Å². The number of nitrogens with zero attached hydrogens (tertiary/aromatic N) is 3. The van der Waals surface area contributed by atoms with Crippen LogP contribution in [0.3, 0.4) is 0 Å². The Kier molecular flexibility index (Phi) is 5.73. The van der Waals surface area contributed by atoms with Crippen LogP contribution in [-0.2, 0) is 0 Å². The van der Waals surface area contributed by atoms with E-state index in [0.717, 1.165) is 17.7 Å². The van der Waals surface area contributed by atoms with Crippen LogP contribution in [0.1, 0.15) is 34.1 Å². The van der Waals surface area contributed by atoms with Gasteiger partial charge in [-0.25, -0.2) is 9.98 Å². The van der Waals surface area contributed by atoms with Gasteiger partial charge in [0.1, 0.15) is 5.69 Å². The minimum absolute atomic E-state index is 0.225. The minimum Gasteiger partial charge on any atom is -0.368 e. The Bertz CT molecular complexity index is 518. The van der Waals surface area contributed by atoms with Gasteiger partial charge < -0.3 is 5.73 Å². The first-order valence-corrected chi connectivity index (χ1v) is 6.25. The van der Waals surface area contributed by atoms with Crippen LogP contribution in [0.25, 0.3) is 0 Å². The zero-order chi connectivity index (χ0) is 14.3. The number of nitrogens with one attached hydrogen (secondary N) is 1. The third-order valence-electron chi connectivity index (χ3n) is 2.76. The van der Waals surface area contributed by atoms with Crippen molar-refractivity contribution in [1.29, 1.82) is 0 Å². The van der Waals surface area contributed by atoms with Crippen molar-refractivity contribution < 1.29 is 0 Å². The molecule has 1 aromatic heterocycles. The van der Waals surface area contributed by atoms with Gasteiger partial charge in [0.05, 0.1) is 6.20 Å². The largest absolute Gasteiger partial charge is 0.368 e. The SMILES string of the molecule is CC/C(C)=C/C=C(C)/C(C)=N/C(N)=Nc1cn[nH]c1. The number of guanidine groups is 1. The van der Waals surface area contributed by atoms with Gasteiger partial charge in [-0.05, 0) is 32.8 Å². The molecule has 0 radical (unpaired) electrons. The second kappa shape index (κ2) is 7.31. The van der Waals surface area contributed by atoms with Crippen molar-refractivity contribution in [2.24, 2.45) is 15.7 Å². The molecule has 0 saturated heterocycles. The predicted octanol–water partition coefficient (Wildman–Crippen LogP) is 3.12. The maximum atomic E-state index is 5.76. The number of allylic oxidation sites excluding steroid dienone is 4. The first-order valence-electron chi connectivity index (χ1n) is 6.25. The molecule has 0 fully saturated rings. The average molecular weight is 259 g/mol. The lowest BCUT2D eigenvalue weighted by atomic mass is 10.1. The van der Waals surface area contributed by atoms with Crippen LogP contribution in [-0.4, -0.2) is 21.9 Å². The number of H-pyrrole nitrogens is 1. The standard InChI is InChI=1S/C14H21N5/c1-5-10(2)6-7-11(3)12(4)18-14(15)19-13-8-16-17-9-13/h6-9H,5H2,1-4H3,(H2,15,19)(H,16,17)/b10-6+,11-7+,18-12+. The smallest absolute Gasteiger partial charge is 0.220 e. The third-order valence-corrected chi connectivity index (χ3v) is 2.76. The lowest BCUT2D eigenvalue weighted by molar-refractivity contribution is 1.09.